The molecule has 1 saturated carbocycles. The number of aromatic nitrogens is 2. The molecule has 3 rings (SSSR count). The summed E-state index contributed by atoms with van der Waals surface area (Å²) in [5.41, 5.74) is -0.471. The summed E-state index contributed by atoms with van der Waals surface area (Å²) < 4.78 is 43.9. The van der Waals surface area contributed by atoms with Gasteiger partial charge in [0.15, 0.2) is 0 Å². The van der Waals surface area contributed by atoms with Crippen molar-refractivity contribution in [1.29, 1.82) is 0 Å². The minimum Gasteiger partial charge on any atom is -0.494 e. The first-order valence-corrected chi connectivity index (χ1v) is 7.80. The highest BCUT2D eigenvalue weighted by molar-refractivity contribution is 5.29. The zero-order valence-electron chi connectivity index (χ0n) is 13.2. The molecule has 24 heavy (non-hydrogen) atoms. The van der Waals surface area contributed by atoms with Crippen LogP contribution in [-0.4, -0.2) is 16.6 Å². The summed E-state index contributed by atoms with van der Waals surface area (Å²) in [6.07, 6.45) is -1.85. The van der Waals surface area contributed by atoms with Gasteiger partial charge in [0, 0.05) is 12.7 Å². The van der Waals surface area contributed by atoms with Gasteiger partial charge in [-0.25, -0.2) is 9.97 Å². The first kappa shape index (κ1) is 16.7. The molecule has 1 aliphatic rings. The van der Waals surface area contributed by atoms with Gasteiger partial charge in [-0.2, -0.15) is 13.2 Å². The smallest absolute Gasteiger partial charge is 0.433 e. The van der Waals surface area contributed by atoms with E-state index in [4.69, 9.17) is 4.74 Å². The van der Waals surface area contributed by atoms with Gasteiger partial charge in [-0.05, 0) is 43.5 Å². The van der Waals surface area contributed by atoms with Crippen LogP contribution in [0.25, 0.3) is 0 Å². The van der Waals surface area contributed by atoms with Gasteiger partial charge in [0.2, 0.25) is 0 Å². The second-order valence-electron chi connectivity index (χ2n) is 5.78. The van der Waals surface area contributed by atoms with Crippen LogP contribution >= 0.6 is 0 Å². The van der Waals surface area contributed by atoms with Gasteiger partial charge in [-0.3, -0.25) is 0 Å². The molecule has 1 aromatic carbocycles. The van der Waals surface area contributed by atoms with Crippen LogP contribution in [0.2, 0.25) is 0 Å². The second kappa shape index (κ2) is 6.39. The van der Waals surface area contributed by atoms with Crippen molar-refractivity contribution in [3.63, 3.8) is 0 Å². The Morgan fingerprint density at radius 3 is 2.71 bits per heavy atom. The van der Waals surface area contributed by atoms with E-state index in [2.05, 4.69) is 15.3 Å². The van der Waals surface area contributed by atoms with E-state index in [1.165, 1.54) is 6.20 Å². The Balaban J connectivity index is 1.72. The van der Waals surface area contributed by atoms with Gasteiger partial charge in [0.25, 0.3) is 0 Å². The average Bonchev–Trinajstić information content (AvgIpc) is 3.34. The molecule has 0 aliphatic heterocycles. The van der Waals surface area contributed by atoms with Gasteiger partial charge in [0.05, 0.1) is 12.1 Å². The van der Waals surface area contributed by atoms with Crippen molar-refractivity contribution in [2.75, 3.05) is 6.61 Å². The molecule has 0 spiro atoms. The SMILES string of the molecule is CCOc1cccc(CNC2(c3nccc(C(F)(F)F)n3)CC2)c1. The van der Waals surface area contributed by atoms with Crippen molar-refractivity contribution in [1.82, 2.24) is 15.3 Å². The molecule has 0 amide bonds. The number of hydrogen-bond acceptors (Lipinski definition) is 4. The first-order valence-electron chi connectivity index (χ1n) is 7.80. The number of nitrogens with one attached hydrogen (secondary N) is 1. The number of alkyl halides is 3. The summed E-state index contributed by atoms with van der Waals surface area (Å²) in [5, 5.41) is 3.30. The largest absolute Gasteiger partial charge is 0.494 e. The van der Waals surface area contributed by atoms with Crippen LogP contribution in [0.4, 0.5) is 13.2 Å². The van der Waals surface area contributed by atoms with Crippen LogP contribution in [0.3, 0.4) is 0 Å². The Morgan fingerprint density at radius 1 is 1.25 bits per heavy atom. The van der Waals surface area contributed by atoms with Gasteiger partial charge in [-0.1, -0.05) is 12.1 Å². The topological polar surface area (TPSA) is 47.0 Å². The standard InChI is InChI=1S/C17H18F3N3O/c1-2-24-13-5-3-4-12(10-13)11-22-16(7-8-16)15-21-9-6-14(23-15)17(18,19)20/h3-6,9-10,22H,2,7-8,11H2,1H3. The number of rotatable bonds is 6. The second-order valence-corrected chi connectivity index (χ2v) is 5.78. The fraction of sp³-hybridized carbons (Fsp3) is 0.412. The highest BCUT2D eigenvalue weighted by Gasteiger charge is 2.47. The number of nitrogens with zero attached hydrogens (tertiary/aromatic N) is 2. The van der Waals surface area contributed by atoms with Crippen molar-refractivity contribution >= 4 is 0 Å². The van der Waals surface area contributed by atoms with Crippen LogP contribution in [-0.2, 0) is 18.3 Å². The molecule has 2 aromatic rings. The lowest BCUT2D eigenvalue weighted by Gasteiger charge is -2.17. The maximum atomic E-state index is 12.8. The van der Waals surface area contributed by atoms with E-state index in [1.54, 1.807) is 0 Å². The minimum absolute atomic E-state index is 0.207. The maximum Gasteiger partial charge on any atom is 0.433 e. The van der Waals surface area contributed by atoms with Gasteiger partial charge < -0.3 is 10.1 Å². The molecule has 1 heterocycles. The van der Waals surface area contributed by atoms with Crippen LogP contribution in [0.5, 0.6) is 5.75 Å². The van der Waals surface area contributed by atoms with Crippen LogP contribution in [0.15, 0.2) is 36.5 Å². The molecule has 7 heteroatoms. The number of hydrogen-bond donors (Lipinski definition) is 1. The van der Waals surface area contributed by atoms with E-state index >= 15 is 0 Å². The number of ether oxygens (including phenoxy) is 1. The molecule has 0 saturated heterocycles. The number of benzene rings is 1. The summed E-state index contributed by atoms with van der Waals surface area (Å²) in [6.45, 7) is 3.01. The summed E-state index contributed by atoms with van der Waals surface area (Å²) in [6, 6.07) is 8.52. The third-order valence-electron chi connectivity index (χ3n) is 3.96. The summed E-state index contributed by atoms with van der Waals surface area (Å²) in [7, 11) is 0. The summed E-state index contributed by atoms with van der Waals surface area (Å²) in [4.78, 5) is 7.76. The third kappa shape index (κ3) is 3.67. The Morgan fingerprint density at radius 2 is 2.04 bits per heavy atom. The zero-order valence-corrected chi connectivity index (χ0v) is 13.2. The lowest BCUT2D eigenvalue weighted by Crippen LogP contribution is -2.31. The van der Waals surface area contributed by atoms with Crippen LogP contribution < -0.4 is 10.1 Å². The molecule has 0 radical (unpaired) electrons. The quantitative estimate of drug-likeness (QED) is 0.874. The van der Waals surface area contributed by atoms with Gasteiger partial charge in [-0.15, -0.1) is 0 Å². The van der Waals surface area contributed by atoms with Crippen LogP contribution in [0.1, 0.15) is 36.8 Å². The zero-order chi connectivity index (χ0) is 17.2. The van der Waals surface area contributed by atoms with Crippen molar-refractivity contribution in [2.24, 2.45) is 0 Å². The lowest BCUT2D eigenvalue weighted by molar-refractivity contribution is -0.141. The summed E-state index contributed by atoms with van der Waals surface area (Å²) >= 11 is 0. The average molecular weight is 337 g/mol. The molecule has 1 N–H and O–H groups in total. The normalized spacial score (nSPS) is 16.0. The van der Waals surface area contributed by atoms with E-state index in [0.29, 0.717) is 13.2 Å². The molecular formula is C17H18F3N3O. The maximum absolute atomic E-state index is 12.8. The molecule has 0 unspecified atom stereocenters. The molecule has 1 aliphatic carbocycles. The number of halogens is 3. The molecule has 1 aromatic heterocycles. The van der Waals surface area contributed by atoms with Crippen molar-refractivity contribution in [3.8, 4) is 5.75 Å². The first-order chi connectivity index (χ1) is 11.4. The highest BCUT2D eigenvalue weighted by atomic mass is 19.4. The Bertz CT molecular complexity index is 714. The third-order valence-corrected chi connectivity index (χ3v) is 3.96. The van der Waals surface area contributed by atoms with E-state index in [1.807, 2.05) is 31.2 Å². The highest BCUT2D eigenvalue weighted by Crippen LogP contribution is 2.44. The Kier molecular flexibility index (Phi) is 4.45. The fourth-order valence-corrected chi connectivity index (χ4v) is 2.53. The van der Waals surface area contributed by atoms with E-state index in [9.17, 15) is 13.2 Å². The van der Waals surface area contributed by atoms with Gasteiger partial charge in [0.1, 0.15) is 17.3 Å². The monoisotopic (exact) mass is 337 g/mol. The molecular weight excluding hydrogens is 319 g/mol. The summed E-state index contributed by atoms with van der Waals surface area (Å²) in [5.74, 6) is 0.982. The van der Waals surface area contributed by atoms with E-state index in [0.717, 1.165) is 30.2 Å². The van der Waals surface area contributed by atoms with Crippen molar-refractivity contribution in [3.05, 3.63) is 53.6 Å². The van der Waals surface area contributed by atoms with E-state index < -0.39 is 17.4 Å². The van der Waals surface area contributed by atoms with Gasteiger partial charge >= 0.3 is 6.18 Å². The predicted octanol–water partition coefficient (Wildman–Crippen LogP) is 3.67. The Labute approximate surface area is 138 Å². The Hall–Kier alpha value is -2.15. The van der Waals surface area contributed by atoms with Crippen molar-refractivity contribution < 1.29 is 17.9 Å². The fourth-order valence-electron chi connectivity index (χ4n) is 2.53. The molecule has 0 bridgehead atoms. The lowest BCUT2D eigenvalue weighted by atomic mass is 10.1. The molecule has 4 nitrogen and oxygen atoms in total. The van der Waals surface area contributed by atoms with Crippen LogP contribution in [0, 0.1) is 0 Å². The molecule has 0 atom stereocenters. The minimum atomic E-state index is -4.46. The molecule has 1 fully saturated rings. The van der Waals surface area contributed by atoms with E-state index in [-0.39, 0.29) is 5.82 Å². The predicted molar refractivity (Wildman–Crippen MR) is 82.4 cm³/mol. The molecule has 128 valence electrons. The van der Waals surface area contributed by atoms with Crippen molar-refractivity contribution in [2.45, 2.75) is 38.0 Å².